The van der Waals surface area contributed by atoms with E-state index in [0.29, 0.717) is 28.9 Å². The van der Waals surface area contributed by atoms with E-state index in [1.54, 1.807) is 48.5 Å². The summed E-state index contributed by atoms with van der Waals surface area (Å²) in [7, 11) is -5.49. The van der Waals surface area contributed by atoms with Gasteiger partial charge in [-0.25, -0.2) is 8.42 Å². The lowest BCUT2D eigenvalue weighted by molar-refractivity contribution is -0.0436. The molecule has 0 saturated carbocycles. The zero-order valence-corrected chi connectivity index (χ0v) is 16.0. The summed E-state index contributed by atoms with van der Waals surface area (Å²) in [5, 5.41) is 2.53. The molecule has 0 heterocycles. The van der Waals surface area contributed by atoms with E-state index in [-0.39, 0.29) is 11.3 Å². The summed E-state index contributed by atoms with van der Waals surface area (Å²) >= 11 is 0. The van der Waals surface area contributed by atoms with Crippen LogP contribution in [-0.2, 0) is 9.84 Å². The Morgan fingerprint density at radius 2 is 1.33 bits per heavy atom. The van der Waals surface area contributed by atoms with Crippen LogP contribution in [0.2, 0.25) is 0 Å². The molecule has 30 heavy (non-hydrogen) atoms. The average Bonchev–Trinajstić information content (AvgIpc) is 2.73. The van der Waals surface area contributed by atoms with Crippen molar-refractivity contribution in [1.82, 2.24) is 0 Å². The summed E-state index contributed by atoms with van der Waals surface area (Å²) < 4.78 is 60.6. The smallest absolute Gasteiger partial charge is 0.322 e. The summed E-state index contributed by atoms with van der Waals surface area (Å²) in [5.41, 5.74) is -4.36. The van der Waals surface area contributed by atoms with Gasteiger partial charge in [0.25, 0.3) is 15.7 Å². The number of ketones is 1. The second kappa shape index (κ2) is 8.11. The van der Waals surface area contributed by atoms with Crippen LogP contribution in [0.15, 0.2) is 83.8 Å². The molecule has 0 aliphatic heterocycles. The highest BCUT2D eigenvalue weighted by Crippen LogP contribution is 2.30. The SMILES string of the molecule is O=C(Nc1cccc(C(=O)c2ccccc2)c1)c1ccc(S(=O)(=O)C(F)(F)F)cc1. The zero-order chi connectivity index (χ0) is 21.9. The van der Waals surface area contributed by atoms with Crippen LogP contribution in [0.5, 0.6) is 0 Å². The number of nitrogens with one attached hydrogen (secondary N) is 1. The maximum Gasteiger partial charge on any atom is 0.501 e. The minimum Gasteiger partial charge on any atom is -0.322 e. The van der Waals surface area contributed by atoms with Crippen LogP contribution in [-0.4, -0.2) is 25.6 Å². The fourth-order valence-electron chi connectivity index (χ4n) is 2.62. The number of anilines is 1. The van der Waals surface area contributed by atoms with Gasteiger partial charge in [-0.05, 0) is 36.4 Å². The minimum atomic E-state index is -5.49. The first-order valence-corrected chi connectivity index (χ1v) is 10.0. The quantitative estimate of drug-likeness (QED) is 0.603. The van der Waals surface area contributed by atoms with Gasteiger partial charge in [0.05, 0.1) is 4.90 Å². The molecule has 1 amide bonds. The predicted molar refractivity (Wildman–Crippen MR) is 104 cm³/mol. The van der Waals surface area contributed by atoms with Crippen LogP contribution in [0.1, 0.15) is 26.3 Å². The molecule has 0 aliphatic rings. The van der Waals surface area contributed by atoms with E-state index >= 15 is 0 Å². The Morgan fingerprint density at radius 1 is 0.733 bits per heavy atom. The molecule has 3 aromatic carbocycles. The van der Waals surface area contributed by atoms with Crippen molar-refractivity contribution in [2.75, 3.05) is 5.32 Å². The topological polar surface area (TPSA) is 80.3 Å². The summed E-state index contributed by atoms with van der Waals surface area (Å²) in [4.78, 5) is 23.9. The first-order chi connectivity index (χ1) is 14.1. The number of hydrogen-bond acceptors (Lipinski definition) is 4. The standard InChI is InChI=1S/C21H14F3NO4S/c22-21(23,24)30(28,29)18-11-9-15(10-12-18)20(27)25-17-8-4-7-16(13-17)19(26)14-5-2-1-3-6-14/h1-13H,(H,25,27). The fraction of sp³-hybridized carbons (Fsp3) is 0.0476. The third-order valence-electron chi connectivity index (χ3n) is 4.15. The van der Waals surface area contributed by atoms with Crippen molar-refractivity contribution in [3.05, 3.63) is 95.6 Å². The third kappa shape index (κ3) is 4.41. The van der Waals surface area contributed by atoms with Crippen molar-refractivity contribution in [2.45, 2.75) is 10.4 Å². The number of benzene rings is 3. The van der Waals surface area contributed by atoms with E-state index in [9.17, 15) is 31.2 Å². The molecule has 0 aromatic heterocycles. The minimum absolute atomic E-state index is 0.0455. The van der Waals surface area contributed by atoms with E-state index in [1.807, 2.05) is 0 Å². The molecule has 0 radical (unpaired) electrons. The molecule has 0 aliphatic carbocycles. The molecule has 0 bridgehead atoms. The molecule has 5 nitrogen and oxygen atoms in total. The summed E-state index contributed by atoms with van der Waals surface area (Å²) in [5.74, 6) is -0.913. The van der Waals surface area contributed by atoms with Gasteiger partial charge in [0.15, 0.2) is 5.78 Å². The van der Waals surface area contributed by atoms with Gasteiger partial charge in [-0.3, -0.25) is 9.59 Å². The van der Waals surface area contributed by atoms with Crippen LogP contribution in [0, 0.1) is 0 Å². The predicted octanol–water partition coefficient (Wildman–Crippen LogP) is 4.46. The summed E-state index contributed by atoms with van der Waals surface area (Å²) in [6, 6.07) is 18.1. The lowest BCUT2D eigenvalue weighted by Gasteiger charge is -2.10. The molecular weight excluding hydrogens is 419 g/mol. The highest BCUT2D eigenvalue weighted by atomic mass is 32.2. The van der Waals surface area contributed by atoms with Gasteiger partial charge in [0, 0.05) is 22.4 Å². The van der Waals surface area contributed by atoms with E-state index in [1.165, 1.54) is 6.07 Å². The van der Waals surface area contributed by atoms with Crippen LogP contribution in [0.25, 0.3) is 0 Å². The lowest BCUT2D eigenvalue weighted by Crippen LogP contribution is -2.23. The van der Waals surface area contributed by atoms with Crippen molar-refractivity contribution in [2.24, 2.45) is 0 Å². The Balaban J connectivity index is 1.78. The lowest BCUT2D eigenvalue weighted by atomic mass is 10.0. The summed E-state index contributed by atoms with van der Waals surface area (Å²) in [6.07, 6.45) is 0. The number of carbonyl (C=O) groups is 2. The first kappa shape index (κ1) is 21.3. The Labute approximate surface area is 170 Å². The molecule has 0 spiro atoms. The number of rotatable bonds is 5. The number of carbonyl (C=O) groups excluding carboxylic acids is 2. The number of halogens is 3. The Morgan fingerprint density at radius 3 is 1.93 bits per heavy atom. The fourth-order valence-corrected chi connectivity index (χ4v) is 3.38. The van der Waals surface area contributed by atoms with E-state index < -0.39 is 26.1 Å². The molecule has 0 fully saturated rings. The Hall–Kier alpha value is -3.46. The van der Waals surface area contributed by atoms with Crippen molar-refractivity contribution >= 4 is 27.2 Å². The van der Waals surface area contributed by atoms with Gasteiger partial charge < -0.3 is 5.32 Å². The van der Waals surface area contributed by atoms with Gasteiger partial charge in [-0.1, -0.05) is 42.5 Å². The largest absolute Gasteiger partial charge is 0.501 e. The van der Waals surface area contributed by atoms with E-state index in [4.69, 9.17) is 0 Å². The Kier molecular flexibility index (Phi) is 5.75. The first-order valence-electron chi connectivity index (χ1n) is 8.52. The van der Waals surface area contributed by atoms with Gasteiger partial charge in [0.1, 0.15) is 0 Å². The second-order valence-electron chi connectivity index (χ2n) is 6.20. The monoisotopic (exact) mass is 433 g/mol. The number of alkyl halides is 3. The van der Waals surface area contributed by atoms with Gasteiger partial charge in [-0.15, -0.1) is 0 Å². The Bertz CT molecular complexity index is 1190. The maximum absolute atomic E-state index is 12.6. The molecule has 9 heteroatoms. The third-order valence-corrected chi connectivity index (χ3v) is 5.65. The highest BCUT2D eigenvalue weighted by molar-refractivity contribution is 7.92. The molecule has 3 aromatic rings. The highest BCUT2D eigenvalue weighted by Gasteiger charge is 2.46. The van der Waals surface area contributed by atoms with Crippen LogP contribution in [0.4, 0.5) is 18.9 Å². The second-order valence-corrected chi connectivity index (χ2v) is 8.14. The normalized spacial score (nSPS) is 11.7. The van der Waals surface area contributed by atoms with Crippen LogP contribution in [0.3, 0.4) is 0 Å². The molecule has 1 N–H and O–H groups in total. The zero-order valence-electron chi connectivity index (χ0n) is 15.2. The molecule has 0 saturated heterocycles. The number of sulfone groups is 1. The van der Waals surface area contributed by atoms with Gasteiger partial charge in [-0.2, -0.15) is 13.2 Å². The van der Waals surface area contributed by atoms with E-state index in [2.05, 4.69) is 5.32 Å². The average molecular weight is 433 g/mol. The van der Waals surface area contributed by atoms with Gasteiger partial charge in [0.2, 0.25) is 0 Å². The van der Waals surface area contributed by atoms with Crippen LogP contribution >= 0.6 is 0 Å². The molecule has 0 unspecified atom stereocenters. The molecule has 154 valence electrons. The van der Waals surface area contributed by atoms with Crippen LogP contribution < -0.4 is 5.32 Å². The molecule has 0 atom stereocenters. The number of amides is 1. The van der Waals surface area contributed by atoms with Crippen molar-refractivity contribution in [3.63, 3.8) is 0 Å². The van der Waals surface area contributed by atoms with Crippen molar-refractivity contribution < 1.29 is 31.2 Å². The maximum atomic E-state index is 12.6. The number of hydrogen-bond donors (Lipinski definition) is 1. The van der Waals surface area contributed by atoms with E-state index in [0.717, 1.165) is 12.1 Å². The molecule has 3 rings (SSSR count). The van der Waals surface area contributed by atoms with Crippen molar-refractivity contribution in [1.29, 1.82) is 0 Å². The van der Waals surface area contributed by atoms with Gasteiger partial charge >= 0.3 is 5.51 Å². The van der Waals surface area contributed by atoms with Crippen molar-refractivity contribution in [3.8, 4) is 0 Å². The summed E-state index contributed by atoms with van der Waals surface area (Å²) in [6.45, 7) is 0. The molecular formula is C21H14F3NO4S.